The average molecular weight is 437 g/mol. The largest absolute Gasteiger partial charge is 0.461 e. The second-order valence-corrected chi connectivity index (χ2v) is 8.63. The van der Waals surface area contributed by atoms with E-state index in [2.05, 4.69) is 37.4 Å². The molecule has 5 rings (SSSR count). The van der Waals surface area contributed by atoms with E-state index in [4.69, 9.17) is 21.1 Å². The number of aromatic nitrogens is 2. The molecule has 0 radical (unpaired) electrons. The molecule has 1 atom stereocenters. The van der Waals surface area contributed by atoms with Crippen LogP contribution in [-0.4, -0.2) is 40.1 Å². The number of fused-ring (bicyclic) bond motifs is 4. The van der Waals surface area contributed by atoms with Crippen molar-refractivity contribution in [1.82, 2.24) is 14.9 Å². The molecule has 0 bridgehead atoms. The van der Waals surface area contributed by atoms with Crippen LogP contribution in [0, 0.1) is 0 Å². The Morgan fingerprint density at radius 3 is 3.12 bits per heavy atom. The van der Waals surface area contributed by atoms with Crippen molar-refractivity contribution in [1.29, 1.82) is 0 Å². The first-order valence-corrected chi connectivity index (χ1v) is 10.0. The highest BCUT2D eigenvalue weighted by atomic mass is 79.9. The first-order valence-electron chi connectivity index (χ1n) is 8.85. The zero-order valence-corrected chi connectivity index (χ0v) is 16.7. The lowest BCUT2D eigenvalue weighted by atomic mass is 9.94. The molecule has 136 valence electrons. The van der Waals surface area contributed by atoms with Crippen LogP contribution in [0.1, 0.15) is 30.4 Å². The van der Waals surface area contributed by atoms with Gasteiger partial charge in [-0.2, -0.15) is 4.98 Å². The number of rotatable bonds is 3. The Morgan fingerprint density at radius 1 is 1.38 bits per heavy atom. The van der Waals surface area contributed by atoms with Crippen LogP contribution in [0.15, 0.2) is 22.8 Å². The number of hydrogen-bond acceptors (Lipinski definition) is 5. The van der Waals surface area contributed by atoms with Gasteiger partial charge in [0.25, 0.3) is 0 Å². The molecule has 2 fully saturated rings. The fourth-order valence-electron chi connectivity index (χ4n) is 4.57. The first kappa shape index (κ1) is 16.9. The van der Waals surface area contributed by atoms with Crippen LogP contribution in [0.25, 0.3) is 10.9 Å². The maximum absolute atomic E-state index is 6.55. The van der Waals surface area contributed by atoms with Crippen molar-refractivity contribution in [2.45, 2.75) is 38.0 Å². The third-order valence-electron chi connectivity index (χ3n) is 5.82. The molecule has 5 nitrogen and oxygen atoms in total. The molecule has 2 aromatic rings. The van der Waals surface area contributed by atoms with Crippen LogP contribution in [0.5, 0.6) is 6.01 Å². The molecule has 0 aliphatic carbocycles. The topological polar surface area (TPSA) is 47.5 Å². The molecule has 4 heterocycles. The Hall–Kier alpha value is -1.21. The van der Waals surface area contributed by atoms with Crippen LogP contribution in [-0.2, 0) is 18.0 Å². The molecule has 2 saturated heterocycles. The summed E-state index contributed by atoms with van der Waals surface area (Å²) in [6.45, 7) is 7.98. The Kier molecular flexibility index (Phi) is 4.01. The van der Waals surface area contributed by atoms with Gasteiger partial charge in [0, 0.05) is 22.6 Å². The molecule has 0 spiro atoms. The van der Waals surface area contributed by atoms with Gasteiger partial charge < -0.3 is 9.47 Å². The van der Waals surface area contributed by atoms with Crippen LogP contribution in [0.4, 0.5) is 0 Å². The summed E-state index contributed by atoms with van der Waals surface area (Å²) in [7, 11) is 0. The highest BCUT2D eigenvalue weighted by Crippen LogP contribution is 2.42. The zero-order valence-electron chi connectivity index (χ0n) is 14.4. The van der Waals surface area contributed by atoms with Crippen molar-refractivity contribution in [3.8, 4) is 6.01 Å². The van der Waals surface area contributed by atoms with Crippen molar-refractivity contribution in [3.05, 3.63) is 39.0 Å². The number of halogens is 2. The van der Waals surface area contributed by atoms with Gasteiger partial charge in [-0.05, 0) is 52.9 Å². The average Bonchev–Trinajstić information content (AvgIpc) is 3.32. The highest BCUT2D eigenvalue weighted by Gasteiger charge is 2.46. The third-order valence-corrected chi connectivity index (χ3v) is 7.29. The predicted molar refractivity (Wildman–Crippen MR) is 104 cm³/mol. The zero-order chi connectivity index (χ0) is 17.9. The van der Waals surface area contributed by atoms with Crippen molar-refractivity contribution in [2.75, 3.05) is 19.7 Å². The summed E-state index contributed by atoms with van der Waals surface area (Å²) in [4.78, 5) is 11.5. The van der Waals surface area contributed by atoms with Crippen LogP contribution >= 0.6 is 27.5 Å². The standard InChI is InChI=1S/C19H19BrClN3O2/c1-11-5-19(3-2-4-24(19)7-11)10-26-18-22-6-12-13-8-25-9-14(13)15(20)16(21)17(12)23-18/h6H,1-5,7-10H2/t19-/m1/s1. The molecule has 0 saturated carbocycles. The Labute approximate surface area is 165 Å². The molecule has 3 aliphatic heterocycles. The summed E-state index contributed by atoms with van der Waals surface area (Å²) in [6, 6.07) is 0.379. The number of nitrogens with zero attached hydrogens (tertiary/aromatic N) is 3. The van der Waals surface area contributed by atoms with Gasteiger partial charge >= 0.3 is 6.01 Å². The van der Waals surface area contributed by atoms with E-state index in [-0.39, 0.29) is 5.54 Å². The fraction of sp³-hybridized carbons (Fsp3) is 0.474. The molecule has 7 heteroatoms. The summed E-state index contributed by atoms with van der Waals surface area (Å²) >= 11 is 10.1. The summed E-state index contributed by atoms with van der Waals surface area (Å²) in [5.74, 6) is 0. The van der Waals surface area contributed by atoms with E-state index in [9.17, 15) is 0 Å². The molecule has 0 unspecified atom stereocenters. The minimum absolute atomic E-state index is 0.0611. The molecule has 0 amide bonds. The molecular formula is C19H19BrClN3O2. The molecule has 26 heavy (non-hydrogen) atoms. The SMILES string of the molecule is C=C1CN2CCC[C@]2(COc2ncc3c4c(c(Br)c(Cl)c3n2)COC4)C1. The minimum atomic E-state index is 0.0611. The van der Waals surface area contributed by atoms with Crippen molar-refractivity contribution >= 4 is 38.4 Å². The predicted octanol–water partition coefficient (Wildman–Crippen LogP) is 4.25. The first-order chi connectivity index (χ1) is 12.6. The second-order valence-electron chi connectivity index (χ2n) is 7.46. The summed E-state index contributed by atoms with van der Waals surface area (Å²) < 4.78 is 12.5. The van der Waals surface area contributed by atoms with Gasteiger partial charge in [0.05, 0.1) is 29.3 Å². The lowest BCUT2D eigenvalue weighted by Crippen LogP contribution is -2.43. The summed E-state index contributed by atoms with van der Waals surface area (Å²) in [5, 5.41) is 1.53. The minimum Gasteiger partial charge on any atom is -0.461 e. The van der Waals surface area contributed by atoms with E-state index in [1.165, 1.54) is 12.0 Å². The van der Waals surface area contributed by atoms with E-state index in [0.717, 1.165) is 46.9 Å². The highest BCUT2D eigenvalue weighted by molar-refractivity contribution is 9.10. The second kappa shape index (κ2) is 6.16. The summed E-state index contributed by atoms with van der Waals surface area (Å²) in [5.41, 5.74) is 4.26. The molecule has 1 aromatic heterocycles. The maximum atomic E-state index is 6.55. The molecule has 0 N–H and O–H groups in total. The van der Waals surface area contributed by atoms with E-state index >= 15 is 0 Å². The lowest BCUT2D eigenvalue weighted by molar-refractivity contribution is 0.108. The molecule has 3 aliphatic rings. The Bertz CT molecular complexity index is 935. The Balaban J connectivity index is 1.46. The fourth-order valence-corrected chi connectivity index (χ4v) is 5.37. The normalized spacial score (nSPS) is 25.1. The van der Waals surface area contributed by atoms with Gasteiger partial charge in [-0.3, -0.25) is 4.90 Å². The van der Waals surface area contributed by atoms with Crippen LogP contribution < -0.4 is 4.74 Å². The van der Waals surface area contributed by atoms with E-state index in [1.807, 2.05) is 0 Å². The van der Waals surface area contributed by atoms with E-state index in [1.54, 1.807) is 6.20 Å². The maximum Gasteiger partial charge on any atom is 0.317 e. The van der Waals surface area contributed by atoms with Gasteiger partial charge in [0.2, 0.25) is 0 Å². The Morgan fingerprint density at radius 2 is 2.23 bits per heavy atom. The molecular weight excluding hydrogens is 418 g/mol. The van der Waals surface area contributed by atoms with E-state index in [0.29, 0.717) is 36.4 Å². The van der Waals surface area contributed by atoms with Gasteiger partial charge in [0.1, 0.15) is 6.61 Å². The van der Waals surface area contributed by atoms with Gasteiger partial charge in [-0.15, -0.1) is 0 Å². The monoisotopic (exact) mass is 435 g/mol. The molecule has 1 aromatic carbocycles. The van der Waals surface area contributed by atoms with Crippen molar-refractivity contribution in [3.63, 3.8) is 0 Å². The van der Waals surface area contributed by atoms with Gasteiger partial charge in [-0.25, -0.2) is 4.98 Å². The van der Waals surface area contributed by atoms with Crippen molar-refractivity contribution < 1.29 is 9.47 Å². The van der Waals surface area contributed by atoms with Crippen molar-refractivity contribution in [2.24, 2.45) is 0 Å². The summed E-state index contributed by atoms with van der Waals surface area (Å²) in [6.07, 6.45) is 5.15. The van der Waals surface area contributed by atoms with Gasteiger partial charge in [0.15, 0.2) is 0 Å². The number of hydrogen-bond donors (Lipinski definition) is 0. The van der Waals surface area contributed by atoms with Gasteiger partial charge in [-0.1, -0.05) is 23.8 Å². The number of benzene rings is 1. The van der Waals surface area contributed by atoms with Crippen LogP contribution in [0.3, 0.4) is 0 Å². The lowest BCUT2D eigenvalue weighted by Gasteiger charge is -2.30. The van der Waals surface area contributed by atoms with Crippen LogP contribution in [0.2, 0.25) is 5.02 Å². The number of ether oxygens (including phenoxy) is 2. The quantitative estimate of drug-likeness (QED) is 0.673. The van der Waals surface area contributed by atoms with E-state index < -0.39 is 0 Å². The smallest absolute Gasteiger partial charge is 0.317 e. The third kappa shape index (κ3) is 2.50.